The molecule has 0 unspecified atom stereocenters. The van der Waals surface area contributed by atoms with Gasteiger partial charge in [0.15, 0.2) is 5.65 Å². The summed E-state index contributed by atoms with van der Waals surface area (Å²) in [5, 5.41) is 18.2. The molecule has 6 heteroatoms. The van der Waals surface area contributed by atoms with E-state index in [0.717, 1.165) is 4.90 Å². The molecule has 1 aromatic carbocycles. The highest BCUT2D eigenvalue weighted by molar-refractivity contribution is 7.99. The van der Waals surface area contributed by atoms with Crippen molar-refractivity contribution in [1.29, 1.82) is 0 Å². The van der Waals surface area contributed by atoms with Crippen molar-refractivity contribution in [2.45, 2.75) is 9.92 Å². The number of benzene rings is 1. The zero-order chi connectivity index (χ0) is 11.7. The first-order valence-electron chi connectivity index (χ1n) is 4.95. The molecule has 0 aliphatic heterocycles. The van der Waals surface area contributed by atoms with Gasteiger partial charge in [0.1, 0.15) is 17.1 Å². The van der Waals surface area contributed by atoms with Crippen molar-refractivity contribution in [2.75, 3.05) is 0 Å². The van der Waals surface area contributed by atoms with E-state index in [-0.39, 0.29) is 5.75 Å². The Balaban J connectivity index is 2.06. The number of aromatic hydroxyl groups is 1. The van der Waals surface area contributed by atoms with Crippen LogP contribution in [0.2, 0.25) is 0 Å². The molecular formula is C11H8N4OS. The van der Waals surface area contributed by atoms with Gasteiger partial charge in [0, 0.05) is 12.4 Å². The van der Waals surface area contributed by atoms with Crippen LogP contribution < -0.4 is 0 Å². The first kappa shape index (κ1) is 10.1. The van der Waals surface area contributed by atoms with Crippen molar-refractivity contribution in [2.24, 2.45) is 0 Å². The minimum absolute atomic E-state index is 0.237. The normalized spacial score (nSPS) is 10.8. The lowest BCUT2D eigenvalue weighted by atomic mass is 10.3. The van der Waals surface area contributed by atoms with Gasteiger partial charge in [0.05, 0.1) is 4.90 Å². The van der Waals surface area contributed by atoms with Crippen molar-refractivity contribution in [3.8, 4) is 5.75 Å². The van der Waals surface area contributed by atoms with E-state index in [1.807, 2.05) is 12.1 Å². The molecular weight excluding hydrogens is 236 g/mol. The van der Waals surface area contributed by atoms with Gasteiger partial charge in [0.25, 0.3) is 0 Å². The standard InChI is InChI=1S/C11H8N4OS/c16-8-3-1-2-4-9(8)17-11-10-14-13-7-15(10)6-5-12-11/h1-7,16H. The van der Waals surface area contributed by atoms with Crippen LogP contribution >= 0.6 is 11.8 Å². The van der Waals surface area contributed by atoms with Gasteiger partial charge in [-0.25, -0.2) is 4.98 Å². The number of nitrogens with zero attached hydrogens (tertiary/aromatic N) is 4. The van der Waals surface area contributed by atoms with Crippen LogP contribution in [0.4, 0.5) is 0 Å². The van der Waals surface area contributed by atoms with Crippen molar-refractivity contribution in [3.63, 3.8) is 0 Å². The minimum Gasteiger partial charge on any atom is -0.507 e. The van der Waals surface area contributed by atoms with E-state index in [0.29, 0.717) is 10.7 Å². The molecule has 0 saturated carbocycles. The van der Waals surface area contributed by atoms with Gasteiger partial charge in [-0.3, -0.25) is 4.40 Å². The van der Waals surface area contributed by atoms with E-state index in [2.05, 4.69) is 15.2 Å². The van der Waals surface area contributed by atoms with Crippen LogP contribution in [0.5, 0.6) is 5.75 Å². The minimum atomic E-state index is 0.237. The molecule has 0 aliphatic carbocycles. The van der Waals surface area contributed by atoms with Crippen molar-refractivity contribution >= 4 is 17.4 Å². The number of aromatic nitrogens is 4. The summed E-state index contributed by atoms with van der Waals surface area (Å²) >= 11 is 1.36. The summed E-state index contributed by atoms with van der Waals surface area (Å²) in [5.74, 6) is 0.237. The summed E-state index contributed by atoms with van der Waals surface area (Å²) in [6.07, 6.45) is 5.08. The Morgan fingerprint density at radius 1 is 1.24 bits per heavy atom. The molecule has 0 radical (unpaired) electrons. The second-order valence-corrected chi connectivity index (χ2v) is 4.39. The molecule has 0 bridgehead atoms. The molecule has 0 aliphatic rings. The third-order valence-corrected chi connectivity index (χ3v) is 3.30. The lowest BCUT2D eigenvalue weighted by Gasteiger charge is -2.03. The SMILES string of the molecule is Oc1ccccc1Sc1nccn2cnnc12. The second-order valence-electron chi connectivity index (χ2n) is 3.36. The maximum absolute atomic E-state index is 9.70. The zero-order valence-electron chi connectivity index (χ0n) is 8.69. The second kappa shape index (κ2) is 4.06. The predicted molar refractivity (Wildman–Crippen MR) is 63.0 cm³/mol. The molecule has 17 heavy (non-hydrogen) atoms. The average molecular weight is 244 g/mol. The fourth-order valence-corrected chi connectivity index (χ4v) is 2.33. The van der Waals surface area contributed by atoms with Crippen LogP contribution in [0.1, 0.15) is 0 Å². The number of rotatable bonds is 2. The molecule has 3 rings (SSSR count). The van der Waals surface area contributed by atoms with Gasteiger partial charge in [-0.05, 0) is 12.1 Å². The molecule has 2 heterocycles. The van der Waals surface area contributed by atoms with Crippen LogP contribution in [-0.2, 0) is 0 Å². The summed E-state index contributed by atoms with van der Waals surface area (Å²) in [5.41, 5.74) is 0.681. The Morgan fingerprint density at radius 2 is 2.12 bits per heavy atom. The first-order valence-corrected chi connectivity index (χ1v) is 5.76. The summed E-state index contributed by atoms with van der Waals surface area (Å²) in [6.45, 7) is 0. The number of phenols is 1. The molecule has 5 nitrogen and oxygen atoms in total. The Kier molecular flexibility index (Phi) is 2.41. The number of phenolic OH excluding ortho intramolecular Hbond substituents is 1. The van der Waals surface area contributed by atoms with Crippen LogP contribution in [0.15, 0.2) is 52.9 Å². The molecule has 84 valence electrons. The lowest BCUT2D eigenvalue weighted by molar-refractivity contribution is 0.462. The maximum Gasteiger partial charge on any atom is 0.193 e. The zero-order valence-corrected chi connectivity index (χ0v) is 9.50. The summed E-state index contributed by atoms with van der Waals surface area (Å²) < 4.78 is 1.79. The van der Waals surface area contributed by atoms with Gasteiger partial charge < -0.3 is 5.11 Å². The topological polar surface area (TPSA) is 63.3 Å². The molecule has 0 atom stereocenters. The number of hydrogen-bond donors (Lipinski definition) is 1. The summed E-state index contributed by atoms with van der Waals surface area (Å²) in [7, 11) is 0. The van der Waals surface area contributed by atoms with E-state index in [1.165, 1.54) is 11.8 Å². The number of para-hydroxylation sites is 1. The van der Waals surface area contributed by atoms with E-state index in [4.69, 9.17) is 0 Å². The van der Waals surface area contributed by atoms with E-state index in [9.17, 15) is 5.11 Å². The Hall–Kier alpha value is -2.08. The van der Waals surface area contributed by atoms with E-state index >= 15 is 0 Å². The average Bonchev–Trinajstić information content (AvgIpc) is 2.81. The largest absolute Gasteiger partial charge is 0.507 e. The molecule has 0 fully saturated rings. The van der Waals surface area contributed by atoms with Crippen molar-refractivity contribution in [1.82, 2.24) is 19.6 Å². The highest BCUT2D eigenvalue weighted by Gasteiger charge is 2.09. The Bertz CT molecular complexity index is 667. The maximum atomic E-state index is 9.70. The molecule has 0 saturated heterocycles. The van der Waals surface area contributed by atoms with Gasteiger partial charge in [-0.15, -0.1) is 10.2 Å². The third kappa shape index (κ3) is 1.83. The van der Waals surface area contributed by atoms with Crippen LogP contribution in [-0.4, -0.2) is 24.7 Å². The van der Waals surface area contributed by atoms with E-state index < -0.39 is 0 Å². The predicted octanol–water partition coefficient (Wildman–Crippen LogP) is 1.98. The number of hydrogen-bond acceptors (Lipinski definition) is 5. The highest BCUT2D eigenvalue weighted by atomic mass is 32.2. The fourth-order valence-electron chi connectivity index (χ4n) is 1.45. The van der Waals surface area contributed by atoms with Crippen LogP contribution in [0.25, 0.3) is 5.65 Å². The van der Waals surface area contributed by atoms with Crippen molar-refractivity contribution < 1.29 is 5.11 Å². The smallest absolute Gasteiger partial charge is 0.193 e. The Morgan fingerprint density at radius 3 is 3.00 bits per heavy atom. The van der Waals surface area contributed by atoms with Crippen LogP contribution in [0.3, 0.4) is 0 Å². The van der Waals surface area contributed by atoms with Gasteiger partial charge in [0.2, 0.25) is 0 Å². The molecule has 0 spiro atoms. The first-order chi connectivity index (χ1) is 8.34. The van der Waals surface area contributed by atoms with Gasteiger partial charge in [-0.1, -0.05) is 23.9 Å². The lowest BCUT2D eigenvalue weighted by Crippen LogP contribution is -1.89. The molecule has 1 N–H and O–H groups in total. The van der Waals surface area contributed by atoms with Crippen molar-refractivity contribution in [3.05, 3.63) is 43.0 Å². The fraction of sp³-hybridized carbons (Fsp3) is 0. The summed E-state index contributed by atoms with van der Waals surface area (Å²) in [4.78, 5) is 4.99. The van der Waals surface area contributed by atoms with Crippen LogP contribution in [0, 0.1) is 0 Å². The molecule has 2 aromatic heterocycles. The molecule has 0 amide bonds. The van der Waals surface area contributed by atoms with Gasteiger partial charge >= 0.3 is 0 Å². The molecule has 3 aromatic rings. The highest BCUT2D eigenvalue weighted by Crippen LogP contribution is 2.33. The summed E-state index contributed by atoms with van der Waals surface area (Å²) in [6, 6.07) is 7.13. The van der Waals surface area contributed by atoms with Gasteiger partial charge in [-0.2, -0.15) is 0 Å². The Labute approximate surface area is 101 Å². The van der Waals surface area contributed by atoms with E-state index in [1.54, 1.807) is 35.3 Å². The number of fused-ring (bicyclic) bond motifs is 1. The quantitative estimate of drug-likeness (QED) is 0.746. The third-order valence-electron chi connectivity index (χ3n) is 2.26. The monoisotopic (exact) mass is 244 g/mol.